The molecule has 0 saturated heterocycles. The first-order valence-corrected chi connectivity index (χ1v) is 10.5. The Labute approximate surface area is 164 Å². The Balaban J connectivity index is 2.74. The summed E-state index contributed by atoms with van der Waals surface area (Å²) in [5.74, 6) is -0.129. The van der Waals surface area contributed by atoms with Crippen LogP contribution in [0, 0.1) is 0 Å². The average molecular weight is 398 g/mol. The van der Waals surface area contributed by atoms with Gasteiger partial charge in [0, 0.05) is 19.2 Å². The van der Waals surface area contributed by atoms with Crippen molar-refractivity contribution in [1.29, 1.82) is 0 Å². The van der Waals surface area contributed by atoms with Gasteiger partial charge in [0.25, 0.3) is 5.91 Å². The standard InChI is InChI=1S/C18H27N3O3S2/c1-5-6-7-11-14-21(17(22)16-12-9-8-10-13-16)26-20(3)18(23)24-19-15(2)25-4/h8-10,12-13H,5-7,11,14H2,1-4H3/b19-15-. The summed E-state index contributed by atoms with van der Waals surface area (Å²) in [6.45, 7) is 4.45. The van der Waals surface area contributed by atoms with Gasteiger partial charge in [-0.1, -0.05) is 49.5 Å². The van der Waals surface area contributed by atoms with Crippen LogP contribution in [0.3, 0.4) is 0 Å². The molecule has 1 aromatic carbocycles. The van der Waals surface area contributed by atoms with E-state index in [1.807, 2.05) is 24.5 Å². The summed E-state index contributed by atoms with van der Waals surface area (Å²) < 4.78 is 2.87. The molecule has 0 saturated carbocycles. The number of hydrogen-bond donors (Lipinski definition) is 0. The van der Waals surface area contributed by atoms with Crippen LogP contribution >= 0.6 is 23.9 Å². The van der Waals surface area contributed by atoms with E-state index in [2.05, 4.69) is 12.1 Å². The maximum Gasteiger partial charge on any atom is 0.447 e. The molecule has 6 nitrogen and oxygen atoms in total. The van der Waals surface area contributed by atoms with Crippen LogP contribution in [-0.2, 0) is 4.84 Å². The number of unbranched alkanes of at least 4 members (excludes halogenated alkanes) is 3. The zero-order valence-corrected chi connectivity index (χ0v) is 17.4. The van der Waals surface area contributed by atoms with Gasteiger partial charge in [0.2, 0.25) is 0 Å². The van der Waals surface area contributed by atoms with Crippen molar-refractivity contribution >= 4 is 40.9 Å². The SMILES string of the molecule is CCCCCCN(SN(C)C(=O)O/N=C(/C)SC)C(=O)c1ccccc1. The van der Waals surface area contributed by atoms with Crippen LogP contribution < -0.4 is 0 Å². The molecule has 0 unspecified atom stereocenters. The highest BCUT2D eigenvalue weighted by Crippen LogP contribution is 2.20. The van der Waals surface area contributed by atoms with Gasteiger partial charge in [0.05, 0.1) is 12.1 Å². The lowest BCUT2D eigenvalue weighted by Crippen LogP contribution is -2.32. The molecule has 0 spiro atoms. The molecule has 0 aliphatic heterocycles. The fourth-order valence-corrected chi connectivity index (χ4v) is 2.86. The Hall–Kier alpha value is -1.67. The summed E-state index contributed by atoms with van der Waals surface area (Å²) in [6, 6.07) is 9.06. The van der Waals surface area contributed by atoms with E-state index in [0.29, 0.717) is 17.2 Å². The number of carbonyl (C=O) groups is 2. The summed E-state index contributed by atoms with van der Waals surface area (Å²) in [5, 5.41) is 4.38. The van der Waals surface area contributed by atoms with Crippen molar-refractivity contribution < 1.29 is 14.4 Å². The van der Waals surface area contributed by atoms with E-state index in [-0.39, 0.29) is 5.91 Å². The minimum Gasteiger partial charge on any atom is -0.296 e. The first-order chi connectivity index (χ1) is 12.5. The van der Waals surface area contributed by atoms with E-state index in [1.165, 1.54) is 16.1 Å². The molecule has 144 valence electrons. The van der Waals surface area contributed by atoms with Crippen LogP contribution in [-0.4, -0.2) is 45.5 Å². The van der Waals surface area contributed by atoms with E-state index in [9.17, 15) is 9.59 Å². The Morgan fingerprint density at radius 3 is 2.46 bits per heavy atom. The number of thioether (sulfide) groups is 1. The van der Waals surface area contributed by atoms with E-state index < -0.39 is 6.09 Å². The Kier molecular flexibility index (Phi) is 10.9. The second-order valence-corrected chi connectivity index (χ2v) is 7.74. The first-order valence-electron chi connectivity index (χ1n) is 8.57. The number of rotatable bonds is 9. The summed E-state index contributed by atoms with van der Waals surface area (Å²) in [5.41, 5.74) is 0.591. The van der Waals surface area contributed by atoms with Crippen LogP contribution in [0.2, 0.25) is 0 Å². The average Bonchev–Trinajstić information content (AvgIpc) is 2.67. The fourth-order valence-electron chi connectivity index (χ4n) is 1.97. The Bertz CT molecular complexity index is 597. The van der Waals surface area contributed by atoms with E-state index in [0.717, 1.165) is 37.8 Å². The topological polar surface area (TPSA) is 62.2 Å². The predicted molar refractivity (Wildman–Crippen MR) is 110 cm³/mol. The Morgan fingerprint density at radius 2 is 1.85 bits per heavy atom. The maximum absolute atomic E-state index is 12.8. The third-order valence-corrected chi connectivity index (χ3v) is 5.09. The van der Waals surface area contributed by atoms with Gasteiger partial charge in [-0.15, -0.1) is 11.8 Å². The lowest BCUT2D eigenvalue weighted by Gasteiger charge is -2.25. The molecule has 0 aliphatic rings. The fraction of sp³-hybridized carbons (Fsp3) is 0.500. The maximum atomic E-state index is 12.8. The lowest BCUT2D eigenvalue weighted by molar-refractivity contribution is 0.0865. The van der Waals surface area contributed by atoms with Gasteiger partial charge < -0.3 is 0 Å². The third kappa shape index (κ3) is 8.14. The Morgan fingerprint density at radius 1 is 1.15 bits per heavy atom. The summed E-state index contributed by atoms with van der Waals surface area (Å²) in [4.78, 5) is 29.7. The van der Waals surface area contributed by atoms with E-state index in [4.69, 9.17) is 4.84 Å². The van der Waals surface area contributed by atoms with Crippen LogP contribution in [0.15, 0.2) is 35.5 Å². The second-order valence-electron chi connectivity index (χ2n) is 5.58. The normalized spacial score (nSPS) is 11.2. The number of benzene rings is 1. The van der Waals surface area contributed by atoms with Crippen LogP contribution in [0.5, 0.6) is 0 Å². The van der Waals surface area contributed by atoms with Crippen molar-refractivity contribution in [2.45, 2.75) is 39.5 Å². The van der Waals surface area contributed by atoms with Gasteiger partial charge in [0.1, 0.15) is 5.04 Å². The molecular weight excluding hydrogens is 370 g/mol. The summed E-state index contributed by atoms with van der Waals surface area (Å²) >= 11 is 2.43. The molecule has 0 radical (unpaired) electrons. The molecule has 8 heteroatoms. The van der Waals surface area contributed by atoms with Crippen molar-refractivity contribution in [1.82, 2.24) is 8.61 Å². The summed E-state index contributed by atoms with van der Waals surface area (Å²) in [6.07, 6.45) is 5.40. The molecular formula is C18H27N3O3S2. The van der Waals surface area contributed by atoms with Crippen molar-refractivity contribution in [2.75, 3.05) is 19.8 Å². The van der Waals surface area contributed by atoms with Gasteiger partial charge in [-0.2, -0.15) is 0 Å². The quantitative estimate of drug-likeness (QED) is 0.146. The molecule has 0 atom stereocenters. The van der Waals surface area contributed by atoms with Crippen molar-refractivity contribution in [3.63, 3.8) is 0 Å². The van der Waals surface area contributed by atoms with Crippen molar-refractivity contribution in [3.05, 3.63) is 35.9 Å². The van der Waals surface area contributed by atoms with Crippen molar-refractivity contribution in [3.8, 4) is 0 Å². The minimum atomic E-state index is -0.622. The van der Waals surface area contributed by atoms with Crippen LogP contribution in [0.25, 0.3) is 0 Å². The highest BCUT2D eigenvalue weighted by atomic mass is 32.2. The molecule has 0 aromatic heterocycles. The smallest absolute Gasteiger partial charge is 0.296 e. The zero-order valence-electron chi connectivity index (χ0n) is 15.8. The molecule has 1 rings (SSSR count). The third-order valence-electron chi connectivity index (χ3n) is 3.49. The summed E-state index contributed by atoms with van der Waals surface area (Å²) in [7, 11) is 1.56. The molecule has 0 aliphatic carbocycles. The molecule has 0 heterocycles. The number of oxime groups is 1. The largest absolute Gasteiger partial charge is 0.447 e. The lowest BCUT2D eigenvalue weighted by atomic mass is 10.2. The van der Waals surface area contributed by atoms with Crippen molar-refractivity contribution in [2.24, 2.45) is 5.16 Å². The van der Waals surface area contributed by atoms with Gasteiger partial charge >= 0.3 is 6.09 Å². The van der Waals surface area contributed by atoms with Gasteiger partial charge in [0.15, 0.2) is 0 Å². The van der Waals surface area contributed by atoms with E-state index >= 15 is 0 Å². The van der Waals surface area contributed by atoms with Gasteiger partial charge in [-0.3, -0.25) is 13.9 Å². The highest BCUT2D eigenvalue weighted by Gasteiger charge is 2.22. The number of amides is 2. The van der Waals surface area contributed by atoms with Gasteiger partial charge in [-0.25, -0.2) is 9.10 Å². The first kappa shape index (κ1) is 22.4. The van der Waals surface area contributed by atoms with Crippen LogP contribution in [0.4, 0.5) is 4.79 Å². The molecule has 26 heavy (non-hydrogen) atoms. The molecule has 0 fully saturated rings. The molecule has 0 bridgehead atoms. The molecule has 2 amide bonds. The van der Waals surface area contributed by atoms with Crippen LogP contribution in [0.1, 0.15) is 49.9 Å². The predicted octanol–water partition coefficient (Wildman–Crippen LogP) is 5.04. The number of carbonyl (C=O) groups excluding carboxylic acids is 2. The van der Waals surface area contributed by atoms with E-state index in [1.54, 1.807) is 30.4 Å². The zero-order chi connectivity index (χ0) is 19.4. The minimum absolute atomic E-state index is 0.129. The van der Waals surface area contributed by atoms with Gasteiger partial charge in [-0.05, 0) is 31.7 Å². The molecule has 0 N–H and O–H groups in total. The second kappa shape index (κ2) is 12.6. The molecule has 1 aromatic rings. The number of nitrogens with zero attached hydrogens (tertiary/aromatic N) is 3. The number of hydrogen-bond acceptors (Lipinski definition) is 6. The highest BCUT2D eigenvalue weighted by molar-refractivity contribution is 8.13. The monoisotopic (exact) mass is 397 g/mol.